The number of imidazole rings is 1. The summed E-state index contributed by atoms with van der Waals surface area (Å²) in [4.78, 5) is 25.8. The number of hydrogen-bond acceptors (Lipinski definition) is 4. The summed E-state index contributed by atoms with van der Waals surface area (Å²) in [6.07, 6.45) is 3.40. The van der Waals surface area contributed by atoms with Crippen LogP contribution in [0.5, 0.6) is 0 Å². The lowest BCUT2D eigenvalue weighted by Crippen LogP contribution is -2.29. The van der Waals surface area contributed by atoms with Crippen molar-refractivity contribution in [2.24, 2.45) is 0 Å². The Balaban J connectivity index is 2.35. The molecule has 0 aliphatic carbocycles. The van der Waals surface area contributed by atoms with Crippen LogP contribution in [0.1, 0.15) is 18.7 Å². The monoisotopic (exact) mass is 361 g/mol. The highest BCUT2D eigenvalue weighted by Gasteiger charge is 2.18. The van der Waals surface area contributed by atoms with E-state index in [-0.39, 0.29) is 11.7 Å². The first-order valence-corrected chi connectivity index (χ1v) is 7.66. The van der Waals surface area contributed by atoms with Crippen molar-refractivity contribution in [1.82, 2.24) is 19.5 Å². The Morgan fingerprint density at radius 3 is 2.77 bits per heavy atom. The number of aromatic amines is 1. The van der Waals surface area contributed by atoms with Crippen molar-refractivity contribution in [3.05, 3.63) is 51.4 Å². The summed E-state index contributed by atoms with van der Waals surface area (Å²) in [7, 11) is 3.76. The van der Waals surface area contributed by atoms with Crippen LogP contribution in [0.25, 0.3) is 10.9 Å². The van der Waals surface area contributed by atoms with Crippen LogP contribution in [0.3, 0.4) is 0 Å². The number of H-pyrrole nitrogens is 1. The van der Waals surface area contributed by atoms with Crippen LogP contribution in [0.15, 0.2) is 40.0 Å². The van der Waals surface area contributed by atoms with Gasteiger partial charge < -0.3 is 9.88 Å². The number of rotatable bonds is 3. The Labute approximate surface area is 135 Å². The van der Waals surface area contributed by atoms with E-state index in [2.05, 4.69) is 30.9 Å². The minimum Gasteiger partial charge on any atom is -0.362 e. The van der Waals surface area contributed by atoms with Gasteiger partial charge in [0.25, 0.3) is 0 Å². The molecule has 1 N–H and O–H groups in total. The SMILES string of the molecule is C[C@H](c1c[nH]cn1)n1c(=O)nc(N(C)C)c2ccc(Br)cc21. The number of anilines is 1. The standard InChI is InChI=1S/C15H16BrN5O/c1-9(12-7-17-8-18-12)21-13-6-10(16)4-5-11(13)14(20(2)3)19-15(21)22/h4-9H,1-3H3,(H,17,18)/t9-/m1/s1. The van der Waals surface area contributed by atoms with Gasteiger partial charge in [0.05, 0.1) is 23.6 Å². The zero-order valence-electron chi connectivity index (χ0n) is 12.5. The normalized spacial score (nSPS) is 12.5. The molecule has 0 saturated heterocycles. The van der Waals surface area contributed by atoms with E-state index in [0.717, 1.165) is 21.1 Å². The van der Waals surface area contributed by atoms with Crippen molar-refractivity contribution in [2.75, 3.05) is 19.0 Å². The van der Waals surface area contributed by atoms with Gasteiger partial charge in [-0.25, -0.2) is 9.78 Å². The molecule has 0 amide bonds. The van der Waals surface area contributed by atoms with Gasteiger partial charge in [-0.3, -0.25) is 4.57 Å². The number of hydrogen-bond donors (Lipinski definition) is 1. The number of nitrogens with one attached hydrogen (secondary N) is 1. The largest absolute Gasteiger partial charge is 0.362 e. The topological polar surface area (TPSA) is 66.8 Å². The van der Waals surface area contributed by atoms with Crippen molar-refractivity contribution in [3.63, 3.8) is 0 Å². The summed E-state index contributed by atoms with van der Waals surface area (Å²) in [5.74, 6) is 0.665. The fourth-order valence-electron chi connectivity index (χ4n) is 2.55. The molecule has 3 aromatic rings. The van der Waals surface area contributed by atoms with Gasteiger partial charge in [-0.05, 0) is 25.1 Å². The molecule has 0 saturated carbocycles. The Bertz CT molecular complexity index is 870. The first kappa shape index (κ1) is 14.8. The van der Waals surface area contributed by atoms with Crippen molar-refractivity contribution in [3.8, 4) is 0 Å². The molecule has 0 unspecified atom stereocenters. The van der Waals surface area contributed by atoms with E-state index in [4.69, 9.17) is 0 Å². The van der Waals surface area contributed by atoms with Gasteiger partial charge in [-0.2, -0.15) is 4.98 Å². The second-order valence-corrected chi connectivity index (χ2v) is 6.23. The van der Waals surface area contributed by atoms with Gasteiger partial charge in [0.2, 0.25) is 0 Å². The fourth-order valence-corrected chi connectivity index (χ4v) is 2.90. The number of benzene rings is 1. The quantitative estimate of drug-likeness (QED) is 0.778. The van der Waals surface area contributed by atoms with Gasteiger partial charge in [0.1, 0.15) is 5.82 Å². The predicted octanol–water partition coefficient (Wildman–Crippen LogP) is 2.56. The zero-order chi connectivity index (χ0) is 15.9. The third kappa shape index (κ3) is 2.41. The number of aromatic nitrogens is 4. The lowest BCUT2D eigenvalue weighted by molar-refractivity contribution is 0.608. The van der Waals surface area contributed by atoms with E-state index in [1.165, 1.54) is 0 Å². The highest BCUT2D eigenvalue weighted by Crippen LogP contribution is 2.27. The van der Waals surface area contributed by atoms with Crippen LogP contribution in [0.4, 0.5) is 5.82 Å². The molecule has 0 bridgehead atoms. The van der Waals surface area contributed by atoms with Gasteiger partial charge in [0.15, 0.2) is 0 Å². The second kappa shape index (κ2) is 5.57. The summed E-state index contributed by atoms with van der Waals surface area (Å²) in [6, 6.07) is 5.65. The predicted molar refractivity (Wildman–Crippen MR) is 90.4 cm³/mol. The van der Waals surface area contributed by atoms with Gasteiger partial charge in [-0.15, -0.1) is 0 Å². The Hall–Kier alpha value is -2.15. The van der Waals surface area contributed by atoms with Gasteiger partial charge in [-0.1, -0.05) is 15.9 Å². The summed E-state index contributed by atoms with van der Waals surface area (Å²) in [5.41, 5.74) is 1.33. The first-order valence-electron chi connectivity index (χ1n) is 6.87. The van der Waals surface area contributed by atoms with Crippen LogP contribution < -0.4 is 10.6 Å². The Morgan fingerprint density at radius 1 is 1.36 bits per heavy atom. The summed E-state index contributed by atoms with van der Waals surface area (Å²) in [6.45, 7) is 1.94. The van der Waals surface area contributed by atoms with Crippen molar-refractivity contribution < 1.29 is 0 Å². The molecule has 6 nitrogen and oxygen atoms in total. The number of fused-ring (bicyclic) bond motifs is 1. The third-order valence-corrected chi connectivity index (χ3v) is 4.12. The molecule has 7 heteroatoms. The lowest BCUT2D eigenvalue weighted by Gasteiger charge is -2.20. The van der Waals surface area contributed by atoms with E-state index in [1.807, 2.05) is 44.1 Å². The molecule has 114 valence electrons. The highest BCUT2D eigenvalue weighted by atomic mass is 79.9. The summed E-state index contributed by atoms with van der Waals surface area (Å²) >= 11 is 3.48. The smallest absolute Gasteiger partial charge is 0.350 e. The minimum atomic E-state index is -0.287. The molecule has 2 aromatic heterocycles. The molecule has 0 radical (unpaired) electrons. The molecule has 0 spiro atoms. The van der Waals surface area contributed by atoms with Crippen LogP contribution >= 0.6 is 15.9 Å². The third-order valence-electron chi connectivity index (χ3n) is 3.63. The highest BCUT2D eigenvalue weighted by molar-refractivity contribution is 9.10. The molecule has 0 fully saturated rings. The van der Waals surface area contributed by atoms with Crippen molar-refractivity contribution >= 4 is 32.7 Å². The molecular formula is C15H16BrN5O. The maximum absolute atomic E-state index is 12.6. The molecule has 1 atom stereocenters. The average Bonchev–Trinajstić information content (AvgIpc) is 2.99. The molecule has 1 aromatic carbocycles. The minimum absolute atomic E-state index is 0.209. The van der Waals surface area contributed by atoms with E-state index in [0.29, 0.717) is 5.82 Å². The summed E-state index contributed by atoms with van der Waals surface area (Å²) < 4.78 is 2.58. The van der Waals surface area contributed by atoms with Crippen LogP contribution in [-0.2, 0) is 0 Å². The lowest BCUT2D eigenvalue weighted by atomic mass is 10.2. The Kier molecular flexibility index (Phi) is 3.74. The zero-order valence-corrected chi connectivity index (χ0v) is 14.1. The number of nitrogens with zero attached hydrogens (tertiary/aromatic N) is 4. The van der Waals surface area contributed by atoms with Crippen LogP contribution in [0.2, 0.25) is 0 Å². The average molecular weight is 362 g/mol. The van der Waals surface area contributed by atoms with Crippen molar-refractivity contribution in [2.45, 2.75) is 13.0 Å². The molecule has 0 aliphatic heterocycles. The molecular weight excluding hydrogens is 346 g/mol. The van der Waals surface area contributed by atoms with E-state index in [9.17, 15) is 4.79 Å². The molecule has 0 aliphatic rings. The summed E-state index contributed by atoms with van der Waals surface area (Å²) in [5, 5.41) is 0.926. The van der Waals surface area contributed by atoms with E-state index in [1.54, 1.807) is 17.1 Å². The Morgan fingerprint density at radius 2 is 2.14 bits per heavy atom. The van der Waals surface area contributed by atoms with Crippen molar-refractivity contribution in [1.29, 1.82) is 0 Å². The molecule has 22 heavy (non-hydrogen) atoms. The first-order chi connectivity index (χ1) is 10.5. The maximum atomic E-state index is 12.6. The molecule has 3 rings (SSSR count). The van der Waals surface area contributed by atoms with E-state index >= 15 is 0 Å². The molecule has 2 heterocycles. The number of halogens is 1. The van der Waals surface area contributed by atoms with Crippen LogP contribution in [0, 0.1) is 0 Å². The second-order valence-electron chi connectivity index (χ2n) is 5.31. The van der Waals surface area contributed by atoms with E-state index < -0.39 is 0 Å². The van der Waals surface area contributed by atoms with Gasteiger partial charge >= 0.3 is 5.69 Å². The fraction of sp³-hybridized carbons (Fsp3) is 0.267. The van der Waals surface area contributed by atoms with Gasteiger partial charge in [0, 0.05) is 30.2 Å². The maximum Gasteiger partial charge on any atom is 0.350 e. The van der Waals surface area contributed by atoms with Crippen LogP contribution in [-0.4, -0.2) is 33.6 Å².